The van der Waals surface area contributed by atoms with Gasteiger partial charge in [0.15, 0.2) is 11.6 Å². The van der Waals surface area contributed by atoms with E-state index in [1.165, 1.54) is 25.3 Å². The number of sulfonamides is 1. The lowest BCUT2D eigenvalue weighted by molar-refractivity contribution is -0.144. The highest BCUT2D eigenvalue weighted by molar-refractivity contribution is 7.89. The van der Waals surface area contributed by atoms with Gasteiger partial charge in [-0.1, -0.05) is 26.0 Å². The molecule has 0 radical (unpaired) electrons. The second-order valence-electron chi connectivity index (χ2n) is 6.19. The Labute approximate surface area is 141 Å². The van der Waals surface area contributed by atoms with E-state index in [-0.39, 0.29) is 30.4 Å². The molecular formula is C16H22FNO5S. The van der Waals surface area contributed by atoms with Crippen LogP contribution in [0, 0.1) is 11.7 Å². The van der Waals surface area contributed by atoms with Gasteiger partial charge in [0, 0.05) is 6.42 Å². The molecule has 6 nitrogen and oxygen atoms in total. The minimum Gasteiger partial charge on any atom is -0.486 e. The largest absolute Gasteiger partial charge is 0.486 e. The van der Waals surface area contributed by atoms with E-state index in [1.807, 2.05) is 0 Å². The van der Waals surface area contributed by atoms with Crippen LogP contribution < -0.4 is 4.74 Å². The van der Waals surface area contributed by atoms with Gasteiger partial charge in [-0.15, -0.1) is 0 Å². The second-order valence-corrected chi connectivity index (χ2v) is 8.15. The number of carbonyl (C=O) groups is 1. The number of para-hydroxylation sites is 1. The SMILES string of the molecule is COC(=O)C1CC(Oc2ccccc2F)CN1S(=O)(=O)CC(C)C. The molecule has 8 heteroatoms. The molecule has 0 aliphatic carbocycles. The molecule has 0 bridgehead atoms. The first-order chi connectivity index (χ1) is 11.2. The number of rotatable bonds is 6. The molecule has 0 saturated carbocycles. The maximum atomic E-state index is 13.7. The van der Waals surface area contributed by atoms with E-state index in [1.54, 1.807) is 19.9 Å². The van der Waals surface area contributed by atoms with Gasteiger partial charge >= 0.3 is 5.97 Å². The molecule has 1 aromatic carbocycles. The van der Waals surface area contributed by atoms with Crippen molar-refractivity contribution in [1.82, 2.24) is 4.31 Å². The molecule has 0 aromatic heterocycles. The first kappa shape index (κ1) is 18.7. The van der Waals surface area contributed by atoms with E-state index >= 15 is 0 Å². The molecule has 0 amide bonds. The summed E-state index contributed by atoms with van der Waals surface area (Å²) in [6, 6.07) is 4.94. The quantitative estimate of drug-likeness (QED) is 0.724. The highest BCUT2D eigenvalue weighted by Gasteiger charge is 2.45. The zero-order valence-electron chi connectivity index (χ0n) is 13.9. The first-order valence-corrected chi connectivity index (χ1v) is 9.34. The van der Waals surface area contributed by atoms with Crippen LogP contribution in [0.25, 0.3) is 0 Å². The number of benzene rings is 1. The highest BCUT2D eigenvalue weighted by atomic mass is 32.2. The maximum absolute atomic E-state index is 13.7. The molecule has 1 aromatic rings. The fraction of sp³-hybridized carbons (Fsp3) is 0.562. The summed E-state index contributed by atoms with van der Waals surface area (Å²) in [7, 11) is -2.43. The van der Waals surface area contributed by atoms with Gasteiger partial charge in [-0.25, -0.2) is 12.8 Å². The van der Waals surface area contributed by atoms with Crippen LogP contribution in [-0.2, 0) is 19.6 Å². The summed E-state index contributed by atoms with van der Waals surface area (Å²) in [5.41, 5.74) is 0. The van der Waals surface area contributed by atoms with Gasteiger partial charge in [-0.2, -0.15) is 4.31 Å². The Bertz CT molecular complexity index is 691. The fourth-order valence-corrected chi connectivity index (χ4v) is 4.74. The van der Waals surface area contributed by atoms with Crippen LogP contribution in [0.3, 0.4) is 0 Å². The second kappa shape index (κ2) is 7.48. The van der Waals surface area contributed by atoms with Crippen LogP contribution in [0.1, 0.15) is 20.3 Å². The lowest BCUT2D eigenvalue weighted by Gasteiger charge is -2.22. The van der Waals surface area contributed by atoms with Gasteiger partial charge in [-0.05, 0) is 18.1 Å². The molecule has 0 N–H and O–H groups in total. The number of carbonyl (C=O) groups excluding carboxylic acids is 1. The minimum absolute atomic E-state index is 0.0108. The Hall–Kier alpha value is -1.67. The number of methoxy groups -OCH3 is 1. The lowest BCUT2D eigenvalue weighted by Crippen LogP contribution is -2.43. The number of hydrogen-bond donors (Lipinski definition) is 0. The average Bonchev–Trinajstić information content (AvgIpc) is 2.92. The van der Waals surface area contributed by atoms with Gasteiger partial charge in [0.25, 0.3) is 0 Å². The van der Waals surface area contributed by atoms with Crippen molar-refractivity contribution in [2.45, 2.75) is 32.4 Å². The summed E-state index contributed by atoms with van der Waals surface area (Å²) >= 11 is 0. The van der Waals surface area contributed by atoms with Gasteiger partial charge in [0.2, 0.25) is 10.0 Å². The Morgan fingerprint density at radius 1 is 1.38 bits per heavy atom. The zero-order valence-corrected chi connectivity index (χ0v) is 14.8. The molecule has 2 rings (SSSR count). The van der Waals surface area contributed by atoms with Gasteiger partial charge in [0.1, 0.15) is 12.1 Å². The van der Waals surface area contributed by atoms with Gasteiger partial charge in [-0.3, -0.25) is 4.79 Å². The predicted molar refractivity (Wildman–Crippen MR) is 86.6 cm³/mol. The van der Waals surface area contributed by atoms with Gasteiger partial charge < -0.3 is 9.47 Å². The summed E-state index contributed by atoms with van der Waals surface area (Å²) in [5.74, 6) is -1.29. The molecule has 0 spiro atoms. The van der Waals surface area contributed by atoms with E-state index in [2.05, 4.69) is 0 Å². The third kappa shape index (κ3) is 4.24. The Morgan fingerprint density at radius 3 is 2.62 bits per heavy atom. The molecule has 1 heterocycles. The molecule has 134 valence electrons. The maximum Gasteiger partial charge on any atom is 0.324 e. The van der Waals surface area contributed by atoms with Crippen LogP contribution in [0.5, 0.6) is 5.75 Å². The number of ether oxygens (including phenoxy) is 2. The Kier molecular flexibility index (Phi) is 5.82. The fourth-order valence-electron chi connectivity index (χ4n) is 2.75. The highest BCUT2D eigenvalue weighted by Crippen LogP contribution is 2.28. The number of nitrogens with zero attached hydrogens (tertiary/aromatic N) is 1. The Balaban J connectivity index is 2.21. The Morgan fingerprint density at radius 2 is 2.04 bits per heavy atom. The van der Waals surface area contributed by atoms with Crippen molar-refractivity contribution >= 4 is 16.0 Å². The van der Waals surface area contributed by atoms with Crippen molar-refractivity contribution in [3.8, 4) is 5.75 Å². The van der Waals surface area contributed by atoms with Gasteiger partial charge in [0.05, 0.1) is 19.4 Å². The van der Waals surface area contributed by atoms with Crippen LogP contribution in [0.15, 0.2) is 24.3 Å². The third-order valence-corrected chi connectivity index (χ3v) is 5.93. The molecule has 2 unspecified atom stereocenters. The van der Waals surface area contributed by atoms with Crippen LogP contribution >= 0.6 is 0 Å². The van der Waals surface area contributed by atoms with Crippen LogP contribution in [0.2, 0.25) is 0 Å². The van der Waals surface area contributed by atoms with Crippen molar-refractivity contribution in [3.63, 3.8) is 0 Å². The third-order valence-electron chi connectivity index (χ3n) is 3.72. The van der Waals surface area contributed by atoms with Crippen LogP contribution in [0.4, 0.5) is 4.39 Å². The topological polar surface area (TPSA) is 72.9 Å². The van der Waals surface area contributed by atoms with E-state index < -0.39 is 34.0 Å². The zero-order chi connectivity index (χ0) is 17.9. The summed E-state index contributed by atoms with van der Waals surface area (Å²) in [6.07, 6.45) is -0.494. The van der Waals surface area contributed by atoms with Crippen molar-refractivity contribution in [2.75, 3.05) is 19.4 Å². The lowest BCUT2D eigenvalue weighted by atomic mass is 10.2. The normalized spacial score (nSPS) is 21.9. The molecule has 1 fully saturated rings. The molecular weight excluding hydrogens is 337 g/mol. The molecule has 1 aliphatic heterocycles. The van der Waals surface area contributed by atoms with Crippen molar-refractivity contribution in [1.29, 1.82) is 0 Å². The summed E-state index contributed by atoms with van der Waals surface area (Å²) in [5, 5.41) is 0. The van der Waals surface area contributed by atoms with Crippen LogP contribution in [-0.4, -0.2) is 50.2 Å². The van der Waals surface area contributed by atoms with Crippen molar-refractivity contribution in [2.24, 2.45) is 5.92 Å². The molecule has 2 atom stereocenters. The minimum atomic E-state index is -3.64. The van der Waals surface area contributed by atoms with E-state index in [0.29, 0.717) is 0 Å². The smallest absolute Gasteiger partial charge is 0.324 e. The van der Waals surface area contributed by atoms with Crippen molar-refractivity contribution < 1.29 is 27.1 Å². The van der Waals surface area contributed by atoms with E-state index in [0.717, 1.165) is 4.31 Å². The molecule has 1 aliphatic rings. The number of halogens is 1. The standard InChI is InChI=1S/C16H22FNO5S/c1-11(2)10-24(20,21)18-9-12(8-14(18)16(19)22-3)23-15-7-5-4-6-13(15)17/h4-7,11-12,14H,8-10H2,1-3H3. The summed E-state index contributed by atoms with van der Waals surface area (Å²) in [4.78, 5) is 12.0. The summed E-state index contributed by atoms with van der Waals surface area (Å²) in [6.45, 7) is 3.56. The predicted octanol–water partition coefficient (Wildman–Crippen LogP) is 1.81. The number of esters is 1. The summed E-state index contributed by atoms with van der Waals surface area (Å²) < 4.78 is 50.2. The molecule has 1 saturated heterocycles. The van der Waals surface area contributed by atoms with Crippen molar-refractivity contribution in [3.05, 3.63) is 30.1 Å². The molecule has 24 heavy (non-hydrogen) atoms. The number of hydrogen-bond acceptors (Lipinski definition) is 5. The van der Waals surface area contributed by atoms with E-state index in [4.69, 9.17) is 9.47 Å². The van der Waals surface area contributed by atoms with E-state index in [9.17, 15) is 17.6 Å². The average molecular weight is 359 g/mol. The first-order valence-electron chi connectivity index (χ1n) is 7.73. The monoisotopic (exact) mass is 359 g/mol.